The Morgan fingerprint density at radius 2 is 1.02 bits per heavy atom. The monoisotopic (exact) mass is 653 g/mol. The van der Waals surface area contributed by atoms with Crippen molar-refractivity contribution in [1.82, 2.24) is 4.31 Å². The van der Waals surface area contributed by atoms with Gasteiger partial charge >= 0.3 is 52.9 Å². The van der Waals surface area contributed by atoms with Crippen LogP contribution in [-0.4, -0.2) is 85.9 Å². The number of ether oxygens (including phenoxy) is 1. The summed E-state index contributed by atoms with van der Waals surface area (Å²) in [7, 11) is -7.40. The third kappa shape index (κ3) is 5.67. The summed E-state index contributed by atoms with van der Waals surface area (Å²) in [5, 5.41) is -7.61. The molecule has 0 N–H and O–H groups in total. The van der Waals surface area contributed by atoms with Crippen LogP contribution >= 0.6 is 0 Å². The number of unbranched alkanes of at least 4 members (excludes halogenated alkanes) is 1. The molecular weight excluding hydrogens is 637 g/mol. The molecule has 23 heteroatoms. The minimum atomic E-state index is -8.88. The molecule has 0 rings (SSSR count). The molecule has 0 unspecified atom stereocenters. The van der Waals surface area contributed by atoms with Crippen molar-refractivity contribution >= 4 is 16.0 Å². The third-order valence-electron chi connectivity index (χ3n) is 4.88. The number of nitrogens with zero attached hydrogens (tertiary/aromatic N) is 1. The number of carbonyl (C=O) groups excluding carboxylic acids is 1. The third-order valence-corrected chi connectivity index (χ3v) is 6.78. The van der Waals surface area contributed by atoms with Crippen molar-refractivity contribution in [2.24, 2.45) is 0 Å². The van der Waals surface area contributed by atoms with Crippen LogP contribution in [0.2, 0.25) is 0 Å². The zero-order chi connectivity index (χ0) is 32.8. The van der Waals surface area contributed by atoms with Gasteiger partial charge in [-0.25, -0.2) is 13.2 Å². The zero-order valence-electron chi connectivity index (χ0n) is 19.4. The number of esters is 1. The van der Waals surface area contributed by atoms with Crippen molar-refractivity contribution in [3.05, 3.63) is 12.2 Å². The van der Waals surface area contributed by atoms with Crippen molar-refractivity contribution in [3.8, 4) is 0 Å². The molecule has 0 atom stereocenters. The molecule has 238 valence electrons. The van der Waals surface area contributed by atoms with Crippen LogP contribution in [0.5, 0.6) is 0 Å². The Morgan fingerprint density at radius 3 is 1.38 bits per heavy atom. The minimum absolute atomic E-state index is 0.0673. The van der Waals surface area contributed by atoms with Gasteiger partial charge in [0.1, 0.15) is 0 Å². The second-order valence-corrected chi connectivity index (χ2v) is 10.00. The van der Waals surface area contributed by atoms with Crippen LogP contribution < -0.4 is 0 Å². The van der Waals surface area contributed by atoms with Crippen LogP contribution in [0.15, 0.2) is 12.2 Å². The van der Waals surface area contributed by atoms with E-state index in [-0.39, 0.29) is 12.6 Å². The fraction of sp³-hybridized carbons (Fsp3) is 0.824. The Labute approximate surface area is 212 Å². The largest absolute Gasteiger partial charge is 0.462 e. The molecule has 0 aliphatic carbocycles. The molecule has 0 fully saturated rings. The van der Waals surface area contributed by atoms with Crippen molar-refractivity contribution in [2.45, 2.75) is 66.7 Å². The lowest BCUT2D eigenvalue weighted by Gasteiger charge is -2.42. The summed E-state index contributed by atoms with van der Waals surface area (Å²) in [6.45, 7) is 2.35. The van der Waals surface area contributed by atoms with Crippen molar-refractivity contribution in [2.75, 3.05) is 20.2 Å². The summed E-state index contributed by atoms with van der Waals surface area (Å²) in [4.78, 5) is 11.1. The quantitative estimate of drug-likeness (QED) is 0.0983. The fourth-order valence-corrected chi connectivity index (χ4v) is 3.56. The van der Waals surface area contributed by atoms with Crippen LogP contribution in [0.3, 0.4) is 0 Å². The number of carbonyl (C=O) groups is 1. The lowest BCUT2D eigenvalue weighted by molar-refractivity contribution is -0.458. The predicted molar refractivity (Wildman–Crippen MR) is 97.2 cm³/mol. The molecule has 5 nitrogen and oxygen atoms in total. The van der Waals surface area contributed by atoms with Crippen LogP contribution in [0.4, 0.5) is 74.6 Å². The molecule has 0 amide bonds. The topological polar surface area (TPSA) is 63.7 Å². The summed E-state index contributed by atoms with van der Waals surface area (Å²) in [5.41, 5.74) is -0.148. The Bertz CT molecular complexity index is 1050. The van der Waals surface area contributed by atoms with Gasteiger partial charge in [0.25, 0.3) is 10.0 Å². The molecule has 0 saturated carbocycles. The number of alkyl halides is 17. The highest BCUT2D eigenvalue weighted by molar-refractivity contribution is 7.90. The molecule has 0 aliphatic rings. The van der Waals surface area contributed by atoms with Gasteiger partial charge in [-0.15, -0.1) is 0 Å². The number of halogens is 17. The van der Waals surface area contributed by atoms with Crippen LogP contribution in [-0.2, 0) is 19.6 Å². The lowest BCUT2D eigenvalue weighted by Crippen LogP contribution is -2.75. The zero-order valence-corrected chi connectivity index (χ0v) is 20.3. The van der Waals surface area contributed by atoms with Crippen LogP contribution in [0, 0.1) is 0 Å². The normalized spacial score (nSPS) is 15.4. The van der Waals surface area contributed by atoms with Crippen LogP contribution in [0.1, 0.15) is 19.8 Å². The van der Waals surface area contributed by atoms with E-state index in [9.17, 15) is 87.8 Å². The average Bonchev–Trinajstić information content (AvgIpc) is 2.76. The van der Waals surface area contributed by atoms with Gasteiger partial charge in [0.15, 0.2) is 0 Å². The molecular formula is C17H16F17NO4S. The number of hydrogen-bond acceptors (Lipinski definition) is 4. The first kappa shape index (κ1) is 37.9. The second kappa shape index (κ2) is 11.0. The van der Waals surface area contributed by atoms with E-state index < -0.39 is 93.3 Å². The van der Waals surface area contributed by atoms with Crippen molar-refractivity contribution in [3.63, 3.8) is 0 Å². The maximum atomic E-state index is 14.1. The van der Waals surface area contributed by atoms with Gasteiger partial charge in [0, 0.05) is 19.2 Å². The first-order chi connectivity index (χ1) is 17.2. The number of hydrogen-bond donors (Lipinski definition) is 0. The fourth-order valence-electron chi connectivity index (χ4n) is 2.35. The molecule has 0 aromatic carbocycles. The Hall–Kier alpha value is -2.07. The van der Waals surface area contributed by atoms with Gasteiger partial charge in [0.05, 0.1) is 6.61 Å². The van der Waals surface area contributed by atoms with Crippen molar-refractivity contribution < 1.29 is 92.6 Å². The van der Waals surface area contributed by atoms with Gasteiger partial charge < -0.3 is 4.74 Å². The molecule has 40 heavy (non-hydrogen) atoms. The molecule has 0 aromatic rings. The molecule has 0 aromatic heterocycles. The van der Waals surface area contributed by atoms with E-state index in [0.29, 0.717) is 0 Å². The summed E-state index contributed by atoms with van der Waals surface area (Å²) < 4.78 is 253. The summed E-state index contributed by atoms with van der Waals surface area (Å²) in [6, 6.07) is 0. The molecule has 0 saturated heterocycles. The summed E-state index contributed by atoms with van der Waals surface area (Å²) in [5.74, 6) is -52.9. The van der Waals surface area contributed by atoms with E-state index >= 15 is 0 Å². The van der Waals surface area contributed by atoms with Gasteiger partial charge in [-0.3, -0.25) is 0 Å². The standard InChI is InChI=1S/C17H16F17NO4S/c1-8(2)9(36)39-7-5-4-6-35(3)40(37,38)17(33,34)15(28,29)13(24,25)11(20,21)10(18,19)12(22,23)14(26,27)16(30,31)32/h1,4-7H2,2-3H3. The molecule has 0 bridgehead atoms. The van der Waals surface area contributed by atoms with Gasteiger partial charge in [0.2, 0.25) is 0 Å². The first-order valence-electron chi connectivity index (χ1n) is 9.75. The minimum Gasteiger partial charge on any atom is -0.462 e. The highest BCUT2D eigenvalue weighted by Gasteiger charge is 2.96. The van der Waals surface area contributed by atoms with Gasteiger partial charge in [-0.1, -0.05) is 6.58 Å². The predicted octanol–water partition coefficient (Wildman–Crippen LogP) is 6.11. The average molecular weight is 653 g/mol. The van der Waals surface area contributed by atoms with Gasteiger partial charge in [-0.2, -0.15) is 78.9 Å². The highest BCUT2D eigenvalue weighted by Crippen LogP contribution is 2.64. The van der Waals surface area contributed by atoms with E-state index in [2.05, 4.69) is 11.3 Å². The van der Waals surface area contributed by atoms with E-state index in [1.807, 2.05) is 0 Å². The highest BCUT2D eigenvalue weighted by atomic mass is 32.2. The maximum absolute atomic E-state index is 14.1. The Morgan fingerprint density at radius 1 is 0.675 bits per heavy atom. The number of sulfonamides is 1. The Balaban J connectivity index is 6.36. The Kier molecular flexibility index (Phi) is 10.4. The van der Waals surface area contributed by atoms with E-state index in [4.69, 9.17) is 0 Å². The molecule has 0 heterocycles. The lowest BCUT2D eigenvalue weighted by atomic mass is 9.91. The van der Waals surface area contributed by atoms with Crippen LogP contribution in [0.25, 0.3) is 0 Å². The smallest absolute Gasteiger partial charge is 0.460 e. The van der Waals surface area contributed by atoms with Gasteiger partial charge in [-0.05, 0) is 19.8 Å². The van der Waals surface area contributed by atoms with Crippen molar-refractivity contribution in [1.29, 1.82) is 0 Å². The molecule has 0 spiro atoms. The van der Waals surface area contributed by atoms with E-state index in [1.165, 1.54) is 6.92 Å². The van der Waals surface area contributed by atoms with E-state index in [1.54, 1.807) is 0 Å². The first-order valence-corrected chi connectivity index (χ1v) is 11.2. The second-order valence-electron chi connectivity index (χ2n) is 7.91. The summed E-state index contributed by atoms with van der Waals surface area (Å²) in [6.07, 6.45) is -9.07. The van der Waals surface area contributed by atoms with E-state index in [0.717, 1.165) is 0 Å². The number of rotatable bonds is 14. The molecule has 0 aliphatic heterocycles. The maximum Gasteiger partial charge on any atom is 0.460 e. The summed E-state index contributed by atoms with van der Waals surface area (Å²) >= 11 is 0. The molecule has 0 radical (unpaired) electrons. The SMILES string of the molecule is C=C(C)C(=O)OCCCCN(C)S(=O)(=O)C(F)(F)C(F)(F)C(F)(F)C(F)(F)C(F)(F)C(F)(F)C(F)(F)C(F)(F)F.